The Kier molecular flexibility index (Phi) is 2.67. The molecule has 0 spiro atoms. The van der Waals surface area contributed by atoms with E-state index >= 15 is 0 Å². The van der Waals surface area contributed by atoms with E-state index in [2.05, 4.69) is 0 Å². The lowest BCUT2D eigenvalue weighted by Gasteiger charge is -2.28. The van der Waals surface area contributed by atoms with Crippen molar-refractivity contribution in [1.82, 2.24) is 0 Å². The SMILES string of the molecule is CC(C)(N)CC(C)(C)C(=O)O. The number of nitrogens with two attached hydrogens (primary N) is 1. The van der Waals surface area contributed by atoms with Crippen LogP contribution in [0.3, 0.4) is 0 Å². The molecule has 0 saturated heterocycles. The Hall–Kier alpha value is -0.570. The largest absolute Gasteiger partial charge is 0.481 e. The minimum Gasteiger partial charge on any atom is -0.481 e. The monoisotopic (exact) mass is 159 g/mol. The third-order valence-electron chi connectivity index (χ3n) is 1.48. The van der Waals surface area contributed by atoms with Crippen LogP contribution in [-0.4, -0.2) is 16.6 Å². The maximum atomic E-state index is 10.6. The third kappa shape index (κ3) is 3.98. The van der Waals surface area contributed by atoms with Crippen LogP contribution in [0.25, 0.3) is 0 Å². The first kappa shape index (κ1) is 10.4. The first-order valence-corrected chi connectivity index (χ1v) is 3.67. The van der Waals surface area contributed by atoms with E-state index in [1.807, 2.05) is 13.8 Å². The van der Waals surface area contributed by atoms with Gasteiger partial charge in [0, 0.05) is 5.54 Å². The summed E-state index contributed by atoms with van der Waals surface area (Å²) in [5.74, 6) is -0.795. The van der Waals surface area contributed by atoms with Gasteiger partial charge < -0.3 is 10.8 Å². The summed E-state index contributed by atoms with van der Waals surface area (Å²) in [6.07, 6.45) is 0.481. The van der Waals surface area contributed by atoms with Crippen molar-refractivity contribution in [3.8, 4) is 0 Å². The first-order valence-electron chi connectivity index (χ1n) is 3.67. The Morgan fingerprint density at radius 3 is 1.82 bits per heavy atom. The van der Waals surface area contributed by atoms with Gasteiger partial charge in [-0.1, -0.05) is 0 Å². The van der Waals surface area contributed by atoms with E-state index < -0.39 is 16.9 Å². The fourth-order valence-electron chi connectivity index (χ4n) is 1.21. The van der Waals surface area contributed by atoms with Crippen LogP contribution in [0, 0.1) is 5.41 Å². The fourth-order valence-corrected chi connectivity index (χ4v) is 1.21. The van der Waals surface area contributed by atoms with Gasteiger partial charge in [0.25, 0.3) is 0 Å². The van der Waals surface area contributed by atoms with Gasteiger partial charge in [-0.25, -0.2) is 0 Å². The highest BCUT2D eigenvalue weighted by atomic mass is 16.4. The topological polar surface area (TPSA) is 63.3 Å². The molecule has 0 aliphatic rings. The Morgan fingerprint density at radius 1 is 1.36 bits per heavy atom. The molecule has 11 heavy (non-hydrogen) atoms. The predicted octanol–water partition coefficient (Wildman–Crippen LogP) is 1.22. The summed E-state index contributed by atoms with van der Waals surface area (Å²) in [5, 5.41) is 8.75. The third-order valence-corrected chi connectivity index (χ3v) is 1.48. The summed E-state index contributed by atoms with van der Waals surface area (Å²) in [4.78, 5) is 10.6. The summed E-state index contributed by atoms with van der Waals surface area (Å²) in [7, 11) is 0. The Balaban J connectivity index is 4.25. The van der Waals surface area contributed by atoms with Gasteiger partial charge in [0.15, 0.2) is 0 Å². The zero-order valence-electron chi connectivity index (χ0n) is 7.64. The molecule has 0 aromatic carbocycles. The molecule has 3 heteroatoms. The van der Waals surface area contributed by atoms with Crippen LogP contribution >= 0.6 is 0 Å². The summed E-state index contributed by atoms with van der Waals surface area (Å²) in [5.41, 5.74) is 4.56. The van der Waals surface area contributed by atoms with Gasteiger partial charge in [0.1, 0.15) is 0 Å². The molecule has 0 aromatic heterocycles. The highest BCUT2D eigenvalue weighted by molar-refractivity contribution is 5.73. The van der Waals surface area contributed by atoms with Crippen molar-refractivity contribution in [1.29, 1.82) is 0 Å². The van der Waals surface area contributed by atoms with E-state index in [-0.39, 0.29) is 0 Å². The van der Waals surface area contributed by atoms with Crippen molar-refractivity contribution in [2.45, 2.75) is 39.7 Å². The number of hydrogen-bond donors (Lipinski definition) is 2. The molecule has 0 atom stereocenters. The van der Waals surface area contributed by atoms with Gasteiger partial charge in [-0.05, 0) is 34.1 Å². The van der Waals surface area contributed by atoms with Gasteiger partial charge in [-0.3, -0.25) is 4.79 Å². The fraction of sp³-hybridized carbons (Fsp3) is 0.875. The Labute approximate surface area is 67.6 Å². The Bertz CT molecular complexity index is 156. The second-order valence-electron chi connectivity index (χ2n) is 4.35. The van der Waals surface area contributed by atoms with Crippen molar-refractivity contribution in [3.05, 3.63) is 0 Å². The Morgan fingerprint density at radius 2 is 1.73 bits per heavy atom. The lowest BCUT2D eigenvalue weighted by molar-refractivity contribution is -0.148. The van der Waals surface area contributed by atoms with E-state index in [0.717, 1.165) is 0 Å². The summed E-state index contributed by atoms with van der Waals surface area (Å²) < 4.78 is 0. The smallest absolute Gasteiger partial charge is 0.309 e. The van der Waals surface area contributed by atoms with Crippen LogP contribution < -0.4 is 5.73 Å². The molecule has 0 bridgehead atoms. The zero-order valence-corrected chi connectivity index (χ0v) is 7.64. The van der Waals surface area contributed by atoms with Gasteiger partial charge in [0.05, 0.1) is 5.41 Å². The highest BCUT2D eigenvalue weighted by Gasteiger charge is 2.32. The summed E-state index contributed by atoms with van der Waals surface area (Å²) in [6.45, 7) is 7.03. The van der Waals surface area contributed by atoms with Gasteiger partial charge in [-0.2, -0.15) is 0 Å². The van der Waals surface area contributed by atoms with E-state index in [9.17, 15) is 4.79 Å². The van der Waals surface area contributed by atoms with Crippen molar-refractivity contribution in [2.75, 3.05) is 0 Å². The number of carboxylic acid groups (broad SMARTS) is 1. The van der Waals surface area contributed by atoms with Crippen molar-refractivity contribution >= 4 is 5.97 Å². The maximum absolute atomic E-state index is 10.6. The van der Waals surface area contributed by atoms with Crippen LogP contribution in [0.5, 0.6) is 0 Å². The number of rotatable bonds is 3. The molecule has 0 aliphatic heterocycles. The molecule has 0 unspecified atom stereocenters. The molecule has 0 saturated carbocycles. The minimum atomic E-state index is -0.795. The van der Waals surface area contributed by atoms with Gasteiger partial charge >= 0.3 is 5.97 Å². The van der Waals surface area contributed by atoms with E-state index in [1.54, 1.807) is 13.8 Å². The summed E-state index contributed by atoms with van der Waals surface area (Å²) >= 11 is 0. The van der Waals surface area contributed by atoms with Gasteiger partial charge in [-0.15, -0.1) is 0 Å². The molecule has 0 fully saturated rings. The average Bonchev–Trinajstić information content (AvgIpc) is 1.56. The number of hydrogen-bond acceptors (Lipinski definition) is 2. The second-order valence-corrected chi connectivity index (χ2v) is 4.35. The molecule has 0 amide bonds. The van der Waals surface area contributed by atoms with Crippen LogP contribution in [0.15, 0.2) is 0 Å². The minimum absolute atomic E-state index is 0.415. The molecule has 0 aliphatic carbocycles. The molecular weight excluding hydrogens is 142 g/mol. The number of aliphatic carboxylic acids is 1. The summed E-state index contributed by atoms with van der Waals surface area (Å²) in [6, 6.07) is 0. The first-order chi connectivity index (χ1) is 4.65. The molecule has 0 radical (unpaired) electrons. The maximum Gasteiger partial charge on any atom is 0.309 e. The number of carbonyl (C=O) groups is 1. The molecule has 0 rings (SSSR count). The lowest BCUT2D eigenvalue weighted by atomic mass is 9.81. The normalized spacial score (nSPS) is 13.2. The van der Waals surface area contributed by atoms with Crippen molar-refractivity contribution in [2.24, 2.45) is 11.1 Å². The van der Waals surface area contributed by atoms with E-state index in [1.165, 1.54) is 0 Å². The van der Waals surface area contributed by atoms with Crippen LogP contribution in [0.2, 0.25) is 0 Å². The molecule has 0 heterocycles. The van der Waals surface area contributed by atoms with E-state index in [4.69, 9.17) is 10.8 Å². The molecular formula is C8H17NO2. The van der Waals surface area contributed by atoms with Gasteiger partial charge in [0.2, 0.25) is 0 Å². The lowest BCUT2D eigenvalue weighted by Crippen LogP contribution is -2.40. The van der Waals surface area contributed by atoms with Crippen LogP contribution in [0.4, 0.5) is 0 Å². The second kappa shape index (κ2) is 2.81. The molecule has 66 valence electrons. The molecule has 0 aromatic rings. The highest BCUT2D eigenvalue weighted by Crippen LogP contribution is 2.26. The van der Waals surface area contributed by atoms with Crippen LogP contribution in [-0.2, 0) is 4.79 Å². The predicted molar refractivity (Wildman–Crippen MR) is 44.3 cm³/mol. The van der Waals surface area contributed by atoms with Crippen molar-refractivity contribution in [3.63, 3.8) is 0 Å². The van der Waals surface area contributed by atoms with Crippen LogP contribution in [0.1, 0.15) is 34.1 Å². The molecule has 3 N–H and O–H groups in total. The van der Waals surface area contributed by atoms with E-state index in [0.29, 0.717) is 6.42 Å². The standard InChI is InChI=1S/C8H17NO2/c1-7(2,6(10)11)5-8(3,4)9/h5,9H2,1-4H3,(H,10,11). The molecule has 3 nitrogen and oxygen atoms in total. The number of carboxylic acids is 1. The average molecular weight is 159 g/mol. The van der Waals surface area contributed by atoms with Crippen molar-refractivity contribution < 1.29 is 9.90 Å². The zero-order chi connectivity index (χ0) is 9.28. The quantitative estimate of drug-likeness (QED) is 0.651.